The molecule has 1 aromatic heterocycles. The van der Waals surface area contributed by atoms with Crippen molar-refractivity contribution in [2.24, 2.45) is 11.3 Å². The molecule has 100 valence electrons. The second kappa shape index (κ2) is 5.61. The molecule has 0 amide bonds. The number of pyridine rings is 1. The average Bonchev–Trinajstić information content (AvgIpc) is 2.37. The van der Waals surface area contributed by atoms with Crippen LogP contribution in [0.25, 0.3) is 0 Å². The van der Waals surface area contributed by atoms with Crippen molar-refractivity contribution in [1.82, 2.24) is 4.98 Å². The van der Waals surface area contributed by atoms with Gasteiger partial charge in [0, 0.05) is 23.2 Å². The van der Waals surface area contributed by atoms with Crippen molar-refractivity contribution in [2.45, 2.75) is 57.7 Å². The number of aromatic nitrogens is 1. The molecule has 1 nitrogen and oxygen atoms in total. The van der Waals surface area contributed by atoms with E-state index in [1.54, 1.807) is 0 Å². The van der Waals surface area contributed by atoms with Crippen molar-refractivity contribution in [3.8, 4) is 0 Å². The highest BCUT2D eigenvalue weighted by Gasteiger charge is 2.39. The lowest BCUT2D eigenvalue weighted by atomic mass is 9.65. The summed E-state index contributed by atoms with van der Waals surface area (Å²) in [5.41, 5.74) is 1.49. The van der Waals surface area contributed by atoms with Gasteiger partial charge in [-0.05, 0) is 36.3 Å². The van der Waals surface area contributed by atoms with Crippen molar-refractivity contribution in [1.29, 1.82) is 0 Å². The largest absolute Gasteiger partial charge is 0.261 e. The van der Waals surface area contributed by atoms with Crippen molar-refractivity contribution in [3.63, 3.8) is 0 Å². The molecule has 1 aliphatic carbocycles. The quantitative estimate of drug-likeness (QED) is 0.700. The van der Waals surface area contributed by atoms with E-state index < -0.39 is 0 Å². The molecule has 0 aromatic carbocycles. The Morgan fingerprint density at radius 3 is 2.72 bits per heavy atom. The van der Waals surface area contributed by atoms with Crippen LogP contribution >= 0.6 is 11.6 Å². The maximum atomic E-state index is 6.79. The van der Waals surface area contributed by atoms with Gasteiger partial charge in [-0.3, -0.25) is 4.98 Å². The molecule has 0 aliphatic heterocycles. The van der Waals surface area contributed by atoms with Gasteiger partial charge in [0.15, 0.2) is 0 Å². The molecule has 1 saturated carbocycles. The number of hydrogen-bond donors (Lipinski definition) is 0. The minimum absolute atomic E-state index is 0.190. The molecular weight excluding hydrogens is 242 g/mol. The summed E-state index contributed by atoms with van der Waals surface area (Å²) < 4.78 is 0. The first-order valence-electron chi connectivity index (χ1n) is 7.07. The lowest BCUT2D eigenvalue weighted by Gasteiger charge is -2.42. The zero-order valence-electron chi connectivity index (χ0n) is 11.7. The Balaban J connectivity index is 2.13. The summed E-state index contributed by atoms with van der Waals surface area (Å²) in [6.07, 6.45) is 7.10. The van der Waals surface area contributed by atoms with Crippen LogP contribution < -0.4 is 0 Å². The summed E-state index contributed by atoms with van der Waals surface area (Å²) in [5.74, 6) is 0.931. The molecule has 0 radical (unpaired) electrons. The summed E-state index contributed by atoms with van der Waals surface area (Å²) in [6.45, 7) is 6.96. The van der Waals surface area contributed by atoms with Gasteiger partial charge in [0.2, 0.25) is 0 Å². The van der Waals surface area contributed by atoms with Gasteiger partial charge in [0.05, 0.1) is 0 Å². The lowest BCUT2D eigenvalue weighted by Crippen LogP contribution is -2.36. The second-order valence-electron chi connectivity index (χ2n) is 6.33. The standard InChI is InChI=1S/C16H24ClN/c1-12(14-9-5-7-11-18-14)15(17)13-8-4-6-10-16(13,2)3/h5,7,9,11-13,15H,4,6,8,10H2,1-3H3. The van der Waals surface area contributed by atoms with Crippen LogP contribution in [0.15, 0.2) is 24.4 Å². The van der Waals surface area contributed by atoms with Crippen LogP contribution in [0.2, 0.25) is 0 Å². The Labute approximate surface area is 116 Å². The molecule has 3 atom stereocenters. The zero-order valence-corrected chi connectivity index (χ0v) is 12.5. The predicted molar refractivity (Wildman–Crippen MR) is 78.0 cm³/mol. The van der Waals surface area contributed by atoms with Gasteiger partial charge in [0.1, 0.15) is 0 Å². The Morgan fingerprint density at radius 2 is 2.11 bits per heavy atom. The van der Waals surface area contributed by atoms with Crippen molar-refractivity contribution < 1.29 is 0 Å². The molecule has 1 aliphatic rings. The van der Waals surface area contributed by atoms with E-state index in [1.165, 1.54) is 25.7 Å². The number of halogens is 1. The van der Waals surface area contributed by atoms with Gasteiger partial charge in [-0.15, -0.1) is 11.6 Å². The summed E-state index contributed by atoms with van der Waals surface area (Å²) >= 11 is 6.79. The van der Waals surface area contributed by atoms with E-state index in [-0.39, 0.29) is 5.38 Å². The van der Waals surface area contributed by atoms with E-state index in [9.17, 15) is 0 Å². The molecule has 1 heterocycles. The van der Waals surface area contributed by atoms with E-state index in [2.05, 4.69) is 37.9 Å². The zero-order chi connectivity index (χ0) is 13.2. The Hall–Kier alpha value is -0.560. The normalized spacial score (nSPS) is 26.6. The average molecular weight is 266 g/mol. The number of nitrogens with zero attached hydrogens (tertiary/aromatic N) is 1. The molecule has 3 unspecified atom stereocenters. The maximum Gasteiger partial charge on any atom is 0.0450 e. The van der Waals surface area contributed by atoms with Gasteiger partial charge in [-0.1, -0.05) is 39.7 Å². The Bertz CT molecular complexity index is 374. The van der Waals surface area contributed by atoms with E-state index in [1.807, 2.05) is 12.3 Å². The molecule has 0 spiro atoms. The maximum absolute atomic E-state index is 6.79. The fraction of sp³-hybridized carbons (Fsp3) is 0.688. The Kier molecular flexibility index (Phi) is 4.32. The van der Waals surface area contributed by atoms with Crippen molar-refractivity contribution in [3.05, 3.63) is 30.1 Å². The minimum atomic E-state index is 0.190. The van der Waals surface area contributed by atoms with Crippen molar-refractivity contribution in [2.75, 3.05) is 0 Å². The minimum Gasteiger partial charge on any atom is -0.261 e. The highest BCUT2D eigenvalue weighted by molar-refractivity contribution is 6.21. The lowest BCUT2D eigenvalue weighted by molar-refractivity contribution is 0.126. The van der Waals surface area contributed by atoms with Gasteiger partial charge in [-0.2, -0.15) is 0 Å². The molecule has 1 aromatic rings. The summed E-state index contributed by atoms with van der Waals surface area (Å²) in [4.78, 5) is 4.46. The molecule has 18 heavy (non-hydrogen) atoms. The first kappa shape index (κ1) is 13.9. The van der Waals surface area contributed by atoms with Crippen LogP contribution in [0, 0.1) is 11.3 Å². The number of hydrogen-bond acceptors (Lipinski definition) is 1. The number of rotatable bonds is 3. The molecular formula is C16H24ClN. The third-order valence-corrected chi connectivity index (χ3v) is 5.29. The first-order valence-corrected chi connectivity index (χ1v) is 7.51. The smallest absolute Gasteiger partial charge is 0.0450 e. The van der Waals surface area contributed by atoms with E-state index in [0.717, 1.165) is 5.69 Å². The van der Waals surface area contributed by atoms with Crippen LogP contribution in [0.1, 0.15) is 58.1 Å². The molecule has 0 N–H and O–H groups in total. The molecule has 0 bridgehead atoms. The summed E-state index contributed by atoms with van der Waals surface area (Å²) in [6, 6.07) is 6.11. The van der Waals surface area contributed by atoms with Gasteiger partial charge >= 0.3 is 0 Å². The van der Waals surface area contributed by atoms with Gasteiger partial charge in [0.25, 0.3) is 0 Å². The van der Waals surface area contributed by atoms with Gasteiger partial charge < -0.3 is 0 Å². The predicted octanol–water partition coefficient (Wildman–Crippen LogP) is 5.01. The van der Waals surface area contributed by atoms with Crippen LogP contribution in [0.3, 0.4) is 0 Å². The van der Waals surface area contributed by atoms with E-state index in [4.69, 9.17) is 11.6 Å². The molecule has 2 heteroatoms. The van der Waals surface area contributed by atoms with Crippen LogP contribution in [0.4, 0.5) is 0 Å². The Morgan fingerprint density at radius 1 is 1.33 bits per heavy atom. The third kappa shape index (κ3) is 2.88. The topological polar surface area (TPSA) is 12.9 Å². The highest BCUT2D eigenvalue weighted by atomic mass is 35.5. The first-order chi connectivity index (χ1) is 8.52. The molecule has 0 saturated heterocycles. The second-order valence-corrected chi connectivity index (χ2v) is 6.83. The third-order valence-electron chi connectivity index (χ3n) is 4.61. The number of alkyl halides is 1. The summed E-state index contributed by atoms with van der Waals surface area (Å²) in [5, 5.41) is 0.190. The monoisotopic (exact) mass is 265 g/mol. The summed E-state index contributed by atoms with van der Waals surface area (Å²) in [7, 11) is 0. The fourth-order valence-corrected chi connectivity index (χ4v) is 3.86. The van der Waals surface area contributed by atoms with Crippen molar-refractivity contribution >= 4 is 11.6 Å². The van der Waals surface area contributed by atoms with Gasteiger partial charge in [-0.25, -0.2) is 0 Å². The van der Waals surface area contributed by atoms with Crippen LogP contribution in [-0.4, -0.2) is 10.4 Å². The highest BCUT2D eigenvalue weighted by Crippen LogP contribution is 2.46. The van der Waals surface area contributed by atoms with Crippen LogP contribution in [0.5, 0.6) is 0 Å². The van der Waals surface area contributed by atoms with E-state index in [0.29, 0.717) is 17.3 Å². The molecule has 1 fully saturated rings. The SMILES string of the molecule is CC(c1ccccn1)C(Cl)C1CCCCC1(C)C. The molecule has 2 rings (SSSR count). The fourth-order valence-electron chi connectivity index (χ4n) is 3.27. The van der Waals surface area contributed by atoms with E-state index >= 15 is 0 Å². The van der Waals surface area contributed by atoms with Crippen LogP contribution in [-0.2, 0) is 0 Å².